The maximum absolute atomic E-state index is 14.2. The highest BCUT2D eigenvalue weighted by molar-refractivity contribution is 5.95. The molecule has 0 aromatic heterocycles. The molecule has 5 nitrogen and oxygen atoms in total. The number of aliphatic hydroxyl groups excluding tert-OH is 1. The third-order valence-electron chi connectivity index (χ3n) is 5.07. The number of amides is 1. The van der Waals surface area contributed by atoms with E-state index in [1.54, 1.807) is 18.2 Å². The van der Waals surface area contributed by atoms with E-state index in [1.165, 1.54) is 13.2 Å². The summed E-state index contributed by atoms with van der Waals surface area (Å²) >= 11 is 0. The van der Waals surface area contributed by atoms with Gasteiger partial charge in [-0.05, 0) is 54.7 Å². The molecule has 0 saturated heterocycles. The maximum atomic E-state index is 14.2. The molecule has 1 aliphatic carbocycles. The Hall–Kier alpha value is -2.60. The number of methoxy groups -OCH3 is 1. The zero-order valence-electron chi connectivity index (χ0n) is 15.8. The van der Waals surface area contributed by atoms with Gasteiger partial charge in [-0.1, -0.05) is 12.1 Å². The van der Waals surface area contributed by atoms with Crippen molar-refractivity contribution in [3.63, 3.8) is 0 Å². The van der Waals surface area contributed by atoms with Crippen molar-refractivity contribution in [1.29, 1.82) is 0 Å². The maximum Gasteiger partial charge on any atom is 0.251 e. The number of halogens is 1. The number of hydrogen-bond donors (Lipinski definition) is 2. The summed E-state index contributed by atoms with van der Waals surface area (Å²) in [6, 6.07) is 11.7. The van der Waals surface area contributed by atoms with Gasteiger partial charge in [0.1, 0.15) is 0 Å². The van der Waals surface area contributed by atoms with E-state index in [0.717, 1.165) is 5.69 Å². The van der Waals surface area contributed by atoms with Crippen LogP contribution in [-0.4, -0.2) is 38.3 Å². The number of carbonyl (C=O) groups is 1. The predicted octanol–water partition coefficient (Wildman–Crippen LogP) is 3.14. The van der Waals surface area contributed by atoms with Crippen LogP contribution in [0.5, 0.6) is 5.75 Å². The second-order valence-electron chi connectivity index (χ2n) is 7.18. The molecule has 27 heavy (non-hydrogen) atoms. The molecular formula is C21H25FN2O3. The summed E-state index contributed by atoms with van der Waals surface area (Å²) in [6.45, 7) is 0. The third kappa shape index (κ3) is 4.22. The normalized spacial score (nSPS) is 19.7. The molecule has 1 fully saturated rings. The summed E-state index contributed by atoms with van der Waals surface area (Å²) in [6.07, 6.45) is 0.793. The predicted molar refractivity (Wildman–Crippen MR) is 103 cm³/mol. The third-order valence-corrected chi connectivity index (χ3v) is 5.07. The second kappa shape index (κ2) is 7.96. The van der Waals surface area contributed by atoms with Crippen LogP contribution in [0.25, 0.3) is 0 Å². The Morgan fingerprint density at radius 3 is 2.59 bits per heavy atom. The number of nitrogens with one attached hydrogen (secondary N) is 1. The Labute approximate surface area is 158 Å². The Morgan fingerprint density at radius 1 is 1.26 bits per heavy atom. The second-order valence-corrected chi connectivity index (χ2v) is 7.18. The van der Waals surface area contributed by atoms with E-state index in [2.05, 4.69) is 5.32 Å². The topological polar surface area (TPSA) is 61.8 Å². The lowest BCUT2D eigenvalue weighted by Crippen LogP contribution is -2.41. The van der Waals surface area contributed by atoms with Gasteiger partial charge >= 0.3 is 0 Å². The van der Waals surface area contributed by atoms with E-state index in [4.69, 9.17) is 4.74 Å². The SMILES string of the molecule is COc1ccc([C@@H](NC(=O)c2cccc(N(C)C)c2)C2CC(O)C2)cc1F. The molecule has 0 spiro atoms. The fourth-order valence-corrected chi connectivity index (χ4v) is 3.40. The first kappa shape index (κ1) is 19.2. The molecule has 1 aliphatic rings. The molecular weight excluding hydrogens is 347 g/mol. The van der Waals surface area contributed by atoms with Crippen LogP contribution in [0.1, 0.15) is 34.8 Å². The van der Waals surface area contributed by atoms with Crippen LogP contribution in [0, 0.1) is 11.7 Å². The van der Waals surface area contributed by atoms with Crippen molar-refractivity contribution in [3.05, 3.63) is 59.4 Å². The number of rotatable bonds is 6. The number of nitrogens with zero attached hydrogens (tertiary/aromatic N) is 1. The lowest BCUT2D eigenvalue weighted by Gasteiger charge is -2.38. The van der Waals surface area contributed by atoms with Gasteiger partial charge in [0, 0.05) is 25.3 Å². The molecule has 0 bridgehead atoms. The van der Waals surface area contributed by atoms with Crippen LogP contribution < -0.4 is 15.0 Å². The molecule has 0 unspecified atom stereocenters. The van der Waals surface area contributed by atoms with E-state index in [-0.39, 0.29) is 29.7 Å². The number of ether oxygens (including phenoxy) is 1. The average molecular weight is 372 g/mol. The average Bonchev–Trinajstić information content (AvgIpc) is 2.63. The van der Waals surface area contributed by atoms with Crippen LogP contribution >= 0.6 is 0 Å². The van der Waals surface area contributed by atoms with Crippen molar-refractivity contribution in [1.82, 2.24) is 5.32 Å². The van der Waals surface area contributed by atoms with Crippen LogP contribution in [0.2, 0.25) is 0 Å². The fraction of sp³-hybridized carbons (Fsp3) is 0.381. The van der Waals surface area contributed by atoms with Crippen molar-refractivity contribution in [2.45, 2.75) is 25.0 Å². The molecule has 0 radical (unpaired) electrons. The monoisotopic (exact) mass is 372 g/mol. The molecule has 2 aromatic carbocycles. The summed E-state index contributed by atoms with van der Waals surface area (Å²) in [5.41, 5.74) is 2.14. The smallest absolute Gasteiger partial charge is 0.251 e. The standard InChI is InChI=1S/C21H25FN2O3/c1-24(2)16-6-4-5-14(9-16)21(26)23-20(15-10-17(25)11-15)13-7-8-19(27-3)18(22)12-13/h4-9,12,15,17,20,25H,10-11H2,1-3H3,(H,23,26)/t15?,17?,20-/m1/s1. The minimum atomic E-state index is -0.469. The van der Waals surface area contributed by atoms with Crippen molar-refractivity contribution < 1.29 is 19.0 Å². The van der Waals surface area contributed by atoms with Gasteiger partial charge in [0.2, 0.25) is 0 Å². The van der Waals surface area contributed by atoms with Gasteiger partial charge in [-0.15, -0.1) is 0 Å². The van der Waals surface area contributed by atoms with Crippen LogP contribution in [0.15, 0.2) is 42.5 Å². The van der Waals surface area contributed by atoms with Crippen molar-refractivity contribution in [2.24, 2.45) is 5.92 Å². The van der Waals surface area contributed by atoms with Crippen molar-refractivity contribution in [2.75, 3.05) is 26.1 Å². The van der Waals surface area contributed by atoms with Crippen LogP contribution in [0.3, 0.4) is 0 Å². The van der Waals surface area contributed by atoms with Gasteiger partial charge in [0.25, 0.3) is 5.91 Å². The summed E-state index contributed by atoms with van der Waals surface area (Å²) in [4.78, 5) is 14.8. The first-order valence-electron chi connectivity index (χ1n) is 8.98. The number of hydrogen-bond acceptors (Lipinski definition) is 4. The molecule has 6 heteroatoms. The highest BCUT2D eigenvalue weighted by atomic mass is 19.1. The highest BCUT2D eigenvalue weighted by Gasteiger charge is 2.36. The van der Waals surface area contributed by atoms with Gasteiger partial charge in [-0.2, -0.15) is 0 Å². The Balaban J connectivity index is 1.85. The van der Waals surface area contributed by atoms with Gasteiger partial charge in [-0.3, -0.25) is 4.79 Å². The van der Waals surface area contributed by atoms with Gasteiger partial charge in [0.05, 0.1) is 19.3 Å². The molecule has 2 N–H and O–H groups in total. The van der Waals surface area contributed by atoms with Crippen molar-refractivity contribution in [3.8, 4) is 5.75 Å². The van der Waals surface area contributed by atoms with Gasteiger partial charge in [-0.25, -0.2) is 4.39 Å². The van der Waals surface area contributed by atoms with E-state index < -0.39 is 5.82 Å². The Kier molecular flexibility index (Phi) is 5.65. The lowest BCUT2D eigenvalue weighted by atomic mass is 9.75. The molecule has 1 saturated carbocycles. The first-order chi connectivity index (χ1) is 12.9. The molecule has 0 aliphatic heterocycles. The molecule has 1 atom stereocenters. The van der Waals surface area contributed by atoms with Gasteiger partial charge < -0.3 is 20.1 Å². The number of anilines is 1. The zero-order chi connectivity index (χ0) is 19.6. The summed E-state index contributed by atoms with van der Waals surface area (Å²) in [5, 5.41) is 12.7. The fourth-order valence-electron chi connectivity index (χ4n) is 3.40. The molecule has 2 aromatic rings. The summed E-state index contributed by atoms with van der Waals surface area (Å²) in [7, 11) is 5.24. The van der Waals surface area contributed by atoms with E-state index in [9.17, 15) is 14.3 Å². The Morgan fingerprint density at radius 2 is 2.00 bits per heavy atom. The van der Waals surface area contributed by atoms with Crippen LogP contribution in [-0.2, 0) is 0 Å². The van der Waals surface area contributed by atoms with E-state index in [1.807, 2.05) is 37.2 Å². The minimum Gasteiger partial charge on any atom is -0.494 e. The molecule has 144 valence electrons. The lowest BCUT2D eigenvalue weighted by molar-refractivity contribution is 0.0235. The summed E-state index contributed by atoms with van der Waals surface area (Å²) < 4.78 is 19.2. The molecule has 3 rings (SSSR count). The molecule has 0 heterocycles. The number of aliphatic hydroxyl groups is 1. The molecule has 1 amide bonds. The largest absolute Gasteiger partial charge is 0.494 e. The van der Waals surface area contributed by atoms with Crippen molar-refractivity contribution >= 4 is 11.6 Å². The van der Waals surface area contributed by atoms with E-state index >= 15 is 0 Å². The minimum absolute atomic E-state index is 0.0637. The highest BCUT2D eigenvalue weighted by Crippen LogP contribution is 2.39. The summed E-state index contributed by atoms with van der Waals surface area (Å²) in [5.74, 6) is -0.463. The van der Waals surface area contributed by atoms with Gasteiger partial charge in [0.15, 0.2) is 11.6 Å². The van der Waals surface area contributed by atoms with Crippen LogP contribution in [0.4, 0.5) is 10.1 Å². The zero-order valence-corrected chi connectivity index (χ0v) is 15.8. The Bertz CT molecular complexity index is 819. The first-order valence-corrected chi connectivity index (χ1v) is 8.98. The quantitative estimate of drug-likeness (QED) is 0.818. The van der Waals surface area contributed by atoms with E-state index in [0.29, 0.717) is 24.0 Å². The number of benzene rings is 2. The number of carbonyl (C=O) groups excluding carboxylic acids is 1.